The van der Waals surface area contributed by atoms with Gasteiger partial charge < -0.3 is 15.4 Å². The highest BCUT2D eigenvalue weighted by atomic mass is 16.5. The SMILES string of the molecule is C[C@@]1(CNC(=O)OCc2ccccc2)CCCNCC1. The Labute approximate surface area is 120 Å². The topological polar surface area (TPSA) is 50.4 Å². The summed E-state index contributed by atoms with van der Waals surface area (Å²) in [5.41, 5.74) is 1.18. The first-order valence-electron chi connectivity index (χ1n) is 7.33. The van der Waals surface area contributed by atoms with Crippen LogP contribution < -0.4 is 10.6 Å². The Bertz CT molecular complexity index is 412. The van der Waals surface area contributed by atoms with Crippen LogP contribution in [-0.2, 0) is 11.3 Å². The first kappa shape index (κ1) is 14.9. The molecule has 0 aromatic heterocycles. The molecule has 1 aromatic rings. The molecule has 2 rings (SSSR count). The van der Waals surface area contributed by atoms with Crippen LogP contribution in [0.25, 0.3) is 0 Å². The van der Waals surface area contributed by atoms with Crippen LogP contribution in [-0.4, -0.2) is 25.7 Å². The minimum atomic E-state index is -0.327. The zero-order valence-corrected chi connectivity index (χ0v) is 12.2. The summed E-state index contributed by atoms with van der Waals surface area (Å²) in [5.74, 6) is 0. The Balaban J connectivity index is 1.71. The number of carbonyl (C=O) groups excluding carboxylic acids is 1. The maximum Gasteiger partial charge on any atom is 0.407 e. The average molecular weight is 276 g/mol. The van der Waals surface area contributed by atoms with Gasteiger partial charge in [-0.1, -0.05) is 37.3 Å². The van der Waals surface area contributed by atoms with Crippen LogP contribution in [0.5, 0.6) is 0 Å². The number of carbonyl (C=O) groups is 1. The minimum Gasteiger partial charge on any atom is -0.445 e. The molecule has 0 bridgehead atoms. The molecule has 1 heterocycles. The van der Waals surface area contributed by atoms with Crippen molar-refractivity contribution in [2.45, 2.75) is 32.8 Å². The van der Waals surface area contributed by atoms with Gasteiger partial charge in [-0.3, -0.25) is 0 Å². The number of rotatable bonds is 4. The van der Waals surface area contributed by atoms with Crippen molar-refractivity contribution in [2.75, 3.05) is 19.6 Å². The van der Waals surface area contributed by atoms with Crippen LogP contribution in [0, 0.1) is 5.41 Å². The van der Waals surface area contributed by atoms with E-state index in [1.807, 2.05) is 30.3 Å². The molecule has 110 valence electrons. The molecule has 0 radical (unpaired) electrons. The van der Waals surface area contributed by atoms with Crippen LogP contribution in [0.4, 0.5) is 4.79 Å². The molecule has 1 aliphatic heterocycles. The zero-order valence-electron chi connectivity index (χ0n) is 12.2. The Kier molecular flexibility index (Phi) is 5.41. The molecule has 1 fully saturated rings. The molecule has 4 heteroatoms. The maximum absolute atomic E-state index is 11.7. The standard InChI is InChI=1S/C16H24N2O2/c1-16(8-5-10-17-11-9-16)13-18-15(19)20-12-14-6-3-2-4-7-14/h2-4,6-7,17H,5,8-13H2,1H3,(H,18,19)/t16-/m1/s1. The fraction of sp³-hybridized carbons (Fsp3) is 0.562. The lowest BCUT2D eigenvalue weighted by Gasteiger charge is -2.27. The van der Waals surface area contributed by atoms with Crippen molar-refractivity contribution in [1.29, 1.82) is 0 Å². The molecule has 0 unspecified atom stereocenters. The smallest absolute Gasteiger partial charge is 0.407 e. The Hall–Kier alpha value is -1.55. The number of amides is 1. The second-order valence-electron chi connectivity index (χ2n) is 5.83. The van der Waals surface area contributed by atoms with Gasteiger partial charge in [0.1, 0.15) is 6.61 Å². The first-order chi connectivity index (χ1) is 9.68. The quantitative estimate of drug-likeness (QED) is 0.889. The summed E-state index contributed by atoms with van der Waals surface area (Å²) < 4.78 is 5.23. The molecule has 0 spiro atoms. The maximum atomic E-state index is 11.7. The van der Waals surface area contributed by atoms with E-state index < -0.39 is 0 Å². The van der Waals surface area contributed by atoms with E-state index in [2.05, 4.69) is 17.6 Å². The van der Waals surface area contributed by atoms with E-state index >= 15 is 0 Å². The molecule has 4 nitrogen and oxygen atoms in total. The number of ether oxygens (including phenoxy) is 1. The lowest BCUT2D eigenvalue weighted by atomic mass is 9.83. The molecule has 0 aliphatic carbocycles. The summed E-state index contributed by atoms with van der Waals surface area (Å²) in [6, 6.07) is 9.73. The minimum absolute atomic E-state index is 0.176. The van der Waals surface area contributed by atoms with Crippen molar-refractivity contribution in [1.82, 2.24) is 10.6 Å². The normalized spacial score (nSPS) is 22.9. The molecular weight excluding hydrogens is 252 g/mol. The van der Waals surface area contributed by atoms with Crippen LogP contribution in [0.2, 0.25) is 0 Å². The molecule has 2 N–H and O–H groups in total. The van der Waals surface area contributed by atoms with Gasteiger partial charge in [-0.2, -0.15) is 0 Å². The molecule has 20 heavy (non-hydrogen) atoms. The van der Waals surface area contributed by atoms with Crippen LogP contribution in [0.15, 0.2) is 30.3 Å². The highest BCUT2D eigenvalue weighted by Gasteiger charge is 2.26. The van der Waals surface area contributed by atoms with Gasteiger partial charge in [0.15, 0.2) is 0 Å². The molecule has 1 aromatic carbocycles. The van der Waals surface area contributed by atoms with E-state index in [4.69, 9.17) is 4.74 Å². The number of hydrogen-bond donors (Lipinski definition) is 2. The van der Waals surface area contributed by atoms with E-state index in [0.29, 0.717) is 13.2 Å². The monoisotopic (exact) mass is 276 g/mol. The number of nitrogens with one attached hydrogen (secondary N) is 2. The fourth-order valence-electron chi connectivity index (χ4n) is 2.52. The molecule has 1 saturated heterocycles. The summed E-state index contributed by atoms with van der Waals surface area (Å²) in [4.78, 5) is 11.7. The Morgan fingerprint density at radius 1 is 1.30 bits per heavy atom. The van der Waals surface area contributed by atoms with Gasteiger partial charge in [-0.15, -0.1) is 0 Å². The summed E-state index contributed by atoms with van der Waals surface area (Å²) >= 11 is 0. The lowest BCUT2D eigenvalue weighted by Crippen LogP contribution is -2.36. The van der Waals surface area contributed by atoms with Gasteiger partial charge in [0, 0.05) is 6.54 Å². The average Bonchev–Trinajstić information content (AvgIpc) is 2.69. The summed E-state index contributed by atoms with van der Waals surface area (Å²) in [6.45, 7) is 5.34. The van der Waals surface area contributed by atoms with Gasteiger partial charge in [0.2, 0.25) is 0 Å². The van der Waals surface area contributed by atoms with Crippen molar-refractivity contribution in [2.24, 2.45) is 5.41 Å². The Morgan fingerprint density at radius 3 is 2.90 bits per heavy atom. The van der Waals surface area contributed by atoms with Crippen LogP contribution >= 0.6 is 0 Å². The van der Waals surface area contributed by atoms with Crippen molar-refractivity contribution in [3.8, 4) is 0 Å². The van der Waals surface area contributed by atoms with E-state index in [-0.39, 0.29) is 11.5 Å². The molecule has 1 atom stereocenters. The summed E-state index contributed by atoms with van der Waals surface area (Å²) in [5, 5.41) is 6.29. The van der Waals surface area contributed by atoms with E-state index in [1.165, 1.54) is 0 Å². The van der Waals surface area contributed by atoms with Crippen LogP contribution in [0.1, 0.15) is 31.7 Å². The summed E-state index contributed by atoms with van der Waals surface area (Å²) in [7, 11) is 0. The summed E-state index contributed by atoms with van der Waals surface area (Å²) in [6.07, 6.45) is 3.06. The third-order valence-corrected chi connectivity index (χ3v) is 3.91. The van der Waals surface area contributed by atoms with Gasteiger partial charge in [-0.05, 0) is 43.3 Å². The van der Waals surface area contributed by atoms with E-state index in [0.717, 1.165) is 37.9 Å². The van der Waals surface area contributed by atoms with E-state index in [1.54, 1.807) is 0 Å². The first-order valence-corrected chi connectivity index (χ1v) is 7.33. The van der Waals surface area contributed by atoms with Gasteiger partial charge in [-0.25, -0.2) is 4.79 Å². The van der Waals surface area contributed by atoms with Crippen molar-refractivity contribution in [3.05, 3.63) is 35.9 Å². The van der Waals surface area contributed by atoms with Crippen LogP contribution in [0.3, 0.4) is 0 Å². The lowest BCUT2D eigenvalue weighted by molar-refractivity contribution is 0.132. The molecule has 1 amide bonds. The predicted molar refractivity (Wildman–Crippen MR) is 79.5 cm³/mol. The highest BCUT2D eigenvalue weighted by Crippen LogP contribution is 2.27. The largest absolute Gasteiger partial charge is 0.445 e. The van der Waals surface area contributed by atoms with Crippen molar-refractivity contribution < 1.29 is 9.53 Å². The second kappa shape index (κ2) is 7.29. The molecular formula is C16H24N2O2. The second-order valence-corrected chi connectivity index (χ2v) is 5.83. The van der Waals surface area contributed by atoms with Gasteiger partial charge in [0.25, 0.3) is 0 Å². The highest BCUT2D eigenvalue weighted by molar-refractivity contribution is 5.67. The van der Waals surface area contributed by atoms with Crippen molar-refractivity contribution >= 4 is 6.09 Å². The molecule has 0 saturated carbocycles. The third-order valence-electron chi connectivity index (χ3n) is 3.91. The number of benzene rings is 1. The predicted octanol–water partition coefficient (Wildman–Crippen LogP) is 2.69. The third kappa shape index (κ3) is 4.85. The van der Waals surface area contributed by atoms with Gasteiger partial charge >= 0.3 is 6.09 Å². The zero-order chi connectivity index (χ0) is 14.3. The van der Waals surface area contributed by atoms with Crippen molar-refractivity contribution in [3.63, 3.8) is 0 Å². The number of hydrogen-bond acceptors (Lipinski definition) is 3. The van der Waals surface area contributed by atoms with E-state index in [9.17, 15) is 4.79 Å². The van der Waals surface area contributed by atoms with Gasteiger partial charge in [0.05, 0.1) is 0 Å². The molecule has 1 aliphatic rings. The number of alkyl carbamates (subject to hydrolysis) is 1. The fourth-order valence-corrected chi connectivity index (χ4v) is 2.52. The Morgan fingerprint density at radius 2 is 2.10 bits per heavy atom.